The minimum absolute atomic E-state index is 0.0810. The first-order chi connectivity index (χ1) is 11.5. The van der Waals surface area contributed by atoms with Crippen LogP contribution in [-0.4, -0.2) is 29.6 Å². The Balaban J connectivity index is 1.89. The highest BCUT2D eigenvalue weighted by atomic mass is 16.6. The van der Waals surface area contributed by atoms with Gasteiger partial charge in [0.15, 0.2) is 0 Å². The van der Waals surface area contributed by atoms with Crippen LogP contribution in [0.2, 0.25) is 0 Å². The molecule has 1 aromatic heterocycles. The number of hydrogen-bond donors (Lipinski definition) is 1. The van der Waals surface area contributed by atoms with Gasteiger partial charge in [-0.1, -0.05) is 0 Å². The van der Waals surface area contributed by atoms with E-state index in [1.54, 1.807) is 6.92 Å². The van der Waals surface area contributed by atoms with Crippen molar-refractivity contribution in [2.75, 3.05) is 6.61 Å². The van der Waals surface area contributed by atoms with Gasteiger partial charge < -0.3 is 14.5 Å². The van der Waals surface area contributed by atoms with E-state index >= 15 is 0 Å². The van der Waals surface area contributed by atoms with E-state index in [1.807, 2.05) is 0 Å². The summed E-state index contributed by atoms with van der Waals surface area (Å²) in [5, 5.41) is 13.9. The zero-order valence-corrected chi connectivity index (χ0v) is 13.0. The number of rotatable bonds is 4. The van der Waals surface area contributed by atoms with Crippen LogP contribution < -0.4 is 10.9 Å². The molecule has 1 saturated heterocycles. The molecule has 3 rings (SSSR count). The van der Waals surface area contributed by atoms with E-state index in [2.05, 4.69) is 5.32 Å². The van der Waals surface area contributed by atoms with Crippen molar-refractivity contribution in [2.24, 2.45) is 0 Å². The molecule has 2 aromatic rings. The molecule has 1 aliphatic rings. The van der Waals surface area contributed by atoms with Crippen LogP contribution in [0.15, 0.2) is 33.5 Å². The van der Waals surface area contributed by atoms with Crippen molar-refractivity contribution in [3.63, 3.8) is 0 Å². The fraction of sp³-hybridized carbons (Fsp3) is 0.375. The highest BCUT2D eigenvalue weighted by molar-refractivity contribution is 5.97. The maximum Gasteiger partial charge on any atom is 0.349 e. The van der Waals surface area contributed by atoms with Gasteiger partial charge in [0.05, 0.1) is 17.1 Å². The number of nitro groups is 1. The number of carbonyl (C=O) groups is 1. The van der Waals surface area contributed by atoms with E-state index < -0.39 is 16.5 Å². The second kappa shape index (κ2) is 6.40. The monoisotopic (exact) mass is 332 g/mol. The van der Waals surface area contributed by atoms with Crippen molar-refractivity contribution >= 4 is 22.6 Å². The summed E-state index contributed by atoms with van der Waals surface area (Å²) in [5.41, 5.74) is -0.925. The van der Waals surface area contributed by atoms with Gasteiger partial charge in [0.25, 0.3) is 11.6 Å². The van der Waals surface area contributed by atoms with Crippen LogP contribution in [0.5, 0.6) is 0 Å². The van der Waals surface area contributed by atoms with Gasteiger partial charge in [-0.05, 0) is 31.9 Å². The molecule has 1 aromatic carbocycles. The maximum absolute atomic E-state index is 12.3. The molecule has 2 heterocycles. The summed E-state index contributed by atoms with van der Waals surface area (Å²) < 4.78 is 10.6. The lowest BCUT2D eigenvalue weighted by molar-refractivity contribution is -0.384. The molecule has 0 aliphatic carbocycles. The molecule has 0 saturated carbocycles. The van der Waals surface area contributed by atoms with Gasteiger partial charge in [-0.3, -0.25) is 14.9 Å². The Kier molecular flexibility index (Phi) is 4.30. The molecular weight excluding hydrogens is 316 g/mol. The third-order valence-corrected chi connectivity index (χ3v) is 4.05. The first-order valence-electron chi connectivity index (χ1n) is 7.60. The van der Waals surface area contributed by atoms with Gasteiger partial charge >= 0.3 is 5.63 Å². The highest BCUT2D eigenvalue weighted by Gasteiger charge is 2.25. The number of nitro benzene ring substituents is 1. The standard InChI is InChI=1S/C16H16N2O6/c1-9(13-3-2-6-23-13)17-15(19)12-8-10-7-11(18(21)22)4-5-14(10)24-16(12)20/h4-5,7-9,13H,2-3,6H2,1H3,(H,17,19)/t9-,13+/m0/s1. The largest absolute Gasteiger partial charge is 0.422 e. The molecule has 2 atom stereocenters. The molecule has 0 bridgehead atoms. The van der Waals surface area contributed by atoms with Gasteiger partial charge in [-0.2, -0.15) is 0 Å². The fourth-order valence-corrected chi connectivity index (χ4v) is 2.76. The molecule has 1 aliphatic heterocycles. The predicted octanol–water partition coefficient (Wildman–Crippen LogP) is 2.00. The average molecular weight is 332 g/mol. The predicted molar refractivity (Wildman–Crippen MR) is 85.0 cm³/mol. The molecular formula is C16H16N2O6. The summed E-state index contributed by atoms with van der Waals surface area (Å²) in [6, 6.07) is 4.90. The molecule has 8 heteroatoms. The molecule has 126 valence electrons. The van der Waals surface area contributed by atoms with Crippen LogP contribution in [0.25, 0.3) is 11.0 Å². The summed E-state index contributed by atoms with van der Waals surface area (Å²) in [6.45, 7) is 2.47. The van der Waals surface area contributed by atoms with E-state index in [1.165, 1.54) is 24.3 Å². The van der Waals surface area contributed by atoms with Crippen LogP contribution in [0.3, 0.4) is 0 Å². The normalized spacial score (nSPS) is 18.5. The number of nitrogens with one attached hydrogen (secondary N) is 1. The van der Waals surface area contributed by atoms with Crippen molar-refractivity contribution < 1.29 is 18.9 Å². The molecule has 0 spiro atoms. The Morgan fingerprint density at radius 1 is 1.42 bits per heavy atom. The SMILES string of the molecule is C[C@H](NC(=O)c1cc2cc([N+](=O)[O-])ccc2oc1=O)[C@H]1CCCO1. The third-order valence-electron chi connectivity index (χ3n) is 4.05. The van der Waals surface area contributed by atoms with Gasteiger partial charge in [0.2, 0.25) is 0 Å². The number of carbonyl (C=O) groups excluding carboxylic acids is 1. The van der Waals surface area contributed by atoms with Crippen LogP contribution >= 0.6 is 0 Å². The third kappa shape index (κ3) is 3.13. The van der Waals surface area contributed by atoms with Gasteiger partial charge in [0, 0.05) is 24.1 Å². The molecule has 24 heavy (non-hydrogen) atoms. The molecule has 1 fully saturated rings. The van der Waals surface area contributed by atoms with Gasteiger partial charge in [-0.25, -0.2) is 4.79 Å². The summed E-state index contributed by atoms with van der Waals surface area (Å²) in [5.74, 6) is -0.583. The van der Waals surface area contributed by atoms with Crippen molar-refractivity contribution in [1.29, 1.82) is 0 Å². The van der Waals surface area contributed by atoms with E-state index in [0.29, 0.717) is 12.0 Å². The number of nitrogens with zero attached hydrogens (tertiary/aromatic N) is 1. The zero-order valence-electron chi connectivity index (χ0n) is 13.0. The summed E-state index contributed by atoms with van der Waals surface area (Å²) >= 11 is 0. The molecule has 0 unspecified atom stereocenters. The van der Waals surface area contributed by atoms with Crippen molar-refractivity contribution in [3.05, 3.63) is 50.4 Å². The average Bonchev–Trinajstić information content (AvgIpc) is 3.08. The van der Waals surface area contributed by atoms with E-state index in [0.717, 1.165) is 12.8 Å². The Bertz CT molecular complexity index is 853. The van der Waals surface area contributed by atoms with E-state index in [9.17, 15) is 19.7 Å². The Hall–Kier alpha value is -2.74. The lowest BCUT2D eigenvalue weighted by atomic mass is 10.1. The number of fused-ring (bicyclic) bond motifs is 1. The number of amides is 1. The van der Waals surface area contributed by atoms with Crippen molar-refractivity contribution in [2.45, 2.75) is 31.9 Å². The first kappa shape index (κ1) is 16.1. The quantitative estimate of drug-likeness (QED) is 0.520. The lowest BCUT2D eigenvalue weighted by Gasteiger charge is -2.19. The summed E-state index contributed by atoms with van der Waals surface area (Å²) in [6.07, 6.45) is 1.70. The van der Waals surface area contributed by atoms with Crippen LogP contribution in [0.4, 0.5) is 5.69 Å². The number of ether oxygens (including phenoxy) is 1. The minimum atomic E-state index is -0.784. The maximum atomic E-state index is 12.3. The minimum Gasteiger partial charge on any atom is -0.422 e. The Labute approximate surface area is 136 Å². The van der Waals surface area contributed by atoms with Crippen molar-refractivity contribution in [1.82, 2.24) is 5.32 Å². The summed E-state index contributed by atoms with van der Waals surface area (Å²) in [7, 11) is 0. The second-order valence-electron chi connectivity index (χ2n) is 5.74. The van der Waals surface area contributed by atoms with Crippen LogP contribution in [0, 0.1) is 10.1 Å². The Morgan fingerprint density at radius 3 is 2.88 bits per heavy atom. The summed E-state index contributed by atoms with van der Waals surface area (Å²) in [4.78, 5) is 34.6. The topological polar surface area (TPSA) is 112 Å². The zero-order chi connectivity index (χ0) is 17.3. The number of hydrogen-bond acceptors (Lipinski definition) is 6. The van der Waals surface area contributed by atoms with Gasteiger partial charge in [0.1, 0.15) is 11.1 Å². The lowest BCUT2D eigenvalue weighted by Crippen LogP contribution is -2.42. The van der Waals surface area contributed by atoms with E-state index in [-0.39, 0.29) is 29.0 Å². The van der Waals surface area contributed by atoms with Crippen LogP contribution in [-0.2, 0) is 4.74 Å². The molecule has 1 N–H and O–H groups in total. The van der Waals surface area contributed by atoms with Crippen molar-refractivity contribution in [3.8, 4) is 0 Å². The second-order valence-corrected chi connectivity index (χ2v) is 5.74. The number of non-ortho nitro benzene ring substituents is 1. The molecule has 0 radical (unpaired) electrons. The first-order valence-corrected chi connectivity index (χ1v) is 7.60. The fourth-order valence-electron chi connectivity index (χ4n) is 2.76. The van der Waals surface area contributed by atoms with Gasteiger partial charge in [-0.15, -0.1) is 0 Å². The smallest absolute Gasteiger partial charge is 0.349 e. The molecule has 1 amide bonds. The Morgan fingerprint density at radius 2 is 2.21 bits per heavy atom. The molecule has 8 nitrogen and oxygen atoms in total. The van der Waals surface area contributed by atoms with E-state index in [4.69, 9.17) is 9.15 Å². The number of benzene rings is 1. The highest BCUT2D eigenvalue weighted by Crippen LogP contribution is 2.21. The van der Waals surface area contributed by atoms with Crippen LogP contribution in [0.1, 0.15) is 30.1 Å².